The summed E-state index contributed by atoms with van der Waals surface area (Å²) in [5.74, 6) is 0.190. The second kappa shape index (κ2) is 6.59. The van der Waals surface area contributed by atoms with Crippen LogP contribution in [0.4, 0.5) is 0 Å². The van der Waals surface area contributed by atoms with Crippen molar-refractivity contribution in [3.05, 3.63) is 23.5 Å². The van der Waals surface area contributed by atoms with E-state index in [1.54, 1.807) is 17.8 Å². The van der Waals surface area contributed by atoms with Gasteiger partial charge in [0.25, 0.3) is 5.91 Å². The molecule has 1 aliphatic rings. The van der Waals surface area contributed by atoms with Crippen molar-refractivity contribution in [3.63, 3.8) is 0 Å². The van der Waals surface area contributed by atoms with Crippen LogP contribution in [0.3, 0.4) is 0 Å². The maximum atomic E-state index is 12.0. The molecule has 0 atom stereocenters. The van der Waals surface area contributed by atoms with Gasteiger partial charge in [-0.2, -0.15) is 0 Å². The van der Waals surface area contributed by atoms with Crippen LogP contribution in [0.25, 0.3) is 0 Å². The van der Waals surface area contributed by atoms with Gasteiger partial charge < -0.3 is 15.6 Å². The molecule has 20 heavy (non-hydrogen) atoms. The Bertz CT molecular complexity index is 487. The van der Waals surface area contributed by atoms with Crippen molar-refractivity contribution in [1.82, 2.24) is 9.88 Å². The van der Waals surface area contributed by atoms with Crippen LogP contribution in [0.5, 0.6) is 0 Å². The van der Waals surface area contributed by atoms with Crippen molar-refractivity contribution in [1.29, 1.82) is 0 Å². The maximum absolute atomic E-state index is 12.0. The highest BCUT2D eigenvalue weighted by Gasteiger charge is 2.16. The lowest BCUT2D eigenvalue weighted by Gasteiger charge is -2.09. The molecule has 110 valence electrons. The van der Waals surface area contributed by atoms with E-state index >= 15 is 0 Å². The van der Waals surface area contributed by atoms with Gasteiger partial charge in [-0.1, -0.05) is 25.7 Å². The summed E-state index contributed by atoms with van der Waals surface area (Å²) in [7, 11) is 1.74. The molecule has 1 fully saturated rings. The highest BCUT2D eigenvalue weighted by atomic mass is 16.2. The second-order valence-corrected chi connectivity index (χ2v) is 5.64. The monoisotopic (exact) mass is 277 g/mol. The average Bonchev–Trinajstić information content (AvgIpc) is 3.03. The first kappa shape index (κ1) is 14.6. The van der Waals surface area contributed by atoms with Crippen LogP contribution in [0.1, 0.15) is 59.4 Å². The summed E-state index contributed by atoms with van der Waals surface area (Å²) >= 11 is 0. The second-order valence-electron chi connectivity index (χ2n) is 5.64. The van der Waals surface area contributed by atoms with Crippen molar-refractivity contribution in [2.24, 2.45) is 18.7 Å². The Labute approximate surface area is 119 Å². The number of amides is 2. The molecule has 1 heterocycles. The number of rotatable bonds is 6. The molecule has 2 amide bonds. The predicted octanol–water partition coefficient (Wildman–Crippen LogP) is 1.82. The van der Waals surface area contributed by atoms with Crippen LogP contribution < -0.4 is 11.1 Å². The predicted molar refractivity (Wildman–Crippen MR) is 77.5 cm³/mol. The smallest absolute Gasteiger partial charge is 0.267 e. The van der Waals surface area contributed by atoms with E-state index in [9.17, 15) is 9.59 Å². The number of nitrogens with two attached hydrogens (primary N) is 1. The van der Waals surface area contributed by atoms with Crippen LogP contribution in [-0.4, -0.2) is 22.9 Å². The van der Waals surface area contributed by atoms with Crippen LogP contribution in [0.15, 0.2) is 12.3 Å². The average molecular weight is 277 g/mol. The number of carbonyl (C=O) groups is 2. The van der Waals surface area contributed by atoms with E-state index < -0.39 is 5.91 Å². The molecule has 0 spiro atoms. The third kappa shape index (κ3) is 3.62. The van der Waals surface area contributed by atoms with E-state index in [1.807, 2.05) is 0 Å². The van der Waals surface area contributed by atoms with Crippen LogP contribution in [-0.2, 0) is 7.05 Å². The zero-order valence-electron chi connectivity index (χ0n) is 12.0. The van der Waals surface area contributed by atoms with Gasteiger partial charge in [-0.15, -0.1) is 0 Å². The fourth-order valence-electron chi connectivity index (χ4n) is 2.91. The number of carbonyl (C=O) groups excluding carboxylic acids is 2. The Morgan fingerprint density at radius 3 is 2.70 bits per heavy atom. The lowest BCUT2D eigenvalue weighted by Crippen LogP contribution is -2.26. The van der Waals surface area contributed by atoms with Crippen molar-refractivity contribution >= 4 is 11.8 Å². The largest absolute Gasteiger partial charge is 0.366 e. The first-order chi connectivity index (χ1) is 9.58. The lowest BCUT2D eigenvalue weighted by atomic mass is 10.0. The third-order valence-electron chi connectivity index (χ3n) is 4.07. The zero-order valence-corrected chi connectivity index (χ0v) is 12.0. The Morgan fingerprint density at radius 1 is 1.40 bits per heavy atom. The van der Waals surface area contributed by atoms with Gasteiger partial charge in [0.1, 0.15) is 5.69 Å². The molecule has 5 heteroatoms. The normalized spacial score (nSPS) is 15.4. The summed E-state index contributed by atoms with van der Waals surface area (Å²) in [6.07, 6.45) is 9.19. The number of primary amides is 1. The molecule has 0 unspecified atom stereocenters. The first-order valence-corrected chi connectivity index (χ1v) is 7.32. The summed E-state index contributed by atoms with van der Waals surface area (Å²) in [5.41, 5.74) is 6.04. The number of aromatic nitrogens is 1. The summed E-state index contributed by atoms with van der Waals surface area (Å²) in [6, 6.07) is 1.54. The summed E-state index contributed by atoms with van der Waals surface area (Å²) in [6.45, 7) is 0.687. The number of nitrogens with zero attached hydrogens (tertiary/aromatic N) is 1. The highest BCUT2D eigenvalue weighted by Crippen LogP contribution is 2.28. The summed E-state index contributed by atoms with van der Waals surface area (Å²) < 4.78 is 1.63. The quantitative estimate of drug-likeness (QED) is 0.778. The lowest BCUT2D eigenvalue weighted by molar-refractivity contribution is 0.0944. The number of hydrogen-bond donors (Lipinski definition) is 2. The minimum atomic E-state index is -0.513. The molecule has 2 rings (SSSR count). The van der Waals surface area contributed by atoms with Gasteiger partial charge in [-0.3, -0.25) is 9.59 Å². The van der Waals surface area contributed by atoms with Crippen molar-refractivity contribution in [2.75, 3.05) is 6.54 Å². The van der Waals surface area contributed by atoms with E-state index in [1.165, 1.54) is 38.2 Å². The molecule has 1 aromatic heterocycles. The van der Waals surface area contributed by atoms with E-state index in [2.05, 4.69) is 5.32 Å². The summed E-state index contributed by atoms with van der Waals surface area (Å²) in [4.78, 5) is 23.1. The molecule has 0 bridgehead atoms. The Hall–Kier alpha value is -1.78. The highest BCUT2D eigenvalue weighted by molar-refractivity contribution is 5.98. The fraction of sp³-hybridized carbons (Fsp3) is 0.600. The number of aryl methyl sites for hydroxylation is 1. The molecule has 0 aliphatic heterocycles. The minimum Gasteiger partial charge on any atom is -0.366 e. The van der Waals surface area contributed by atoms with Crippen molar-refractivity contribution in [3.8, 4) is 0 Å². The van der Waals surface area contributed by atoms with Gasteiger partial charge in [0.05, 0.1) is 5.56 Å². The van der Waals surface area contributed by atoms with Crippen LogP contribution in [0.2, 0.25) is 0 Å². The van der Waals surface area contributed by atoms with E-state index in [4.69, 9.17) is 5.73 Å². The fourth-order valence-corrected chi connectivity index (χ4v) is 2.91. The Kier molecular flexibility index (Phi) is 4.82. The third-order valence-corrected chi connectivity index (χ3v) is 4.07. The molecule has 0 aromatic carbocycles. The first-order valence-electron chi connectivity index (χ1n) is 7.32. The molecule has 1 aliphatic carbocycles. The standard InChI is InChI=1S/C15H23N3O2/c1-18-10-12(14(16)19)9-13(18)15(20)17-8-4-7-11-5-2-3-6-11/h9-11H,2-8H2,1H3,(H2,16,19)(H,17,20). The Balaban J connectivity index is 1.77. The molecule has 1 saturated carbocycles. The van der Waals surface area contributed by atoms with Crippen molar-refractivity contribution in [2.45, 2.75) is 38.5 Å². The van der Waals surface area contributed by atoms with Gasteiger partial charge in [-0.05, 0) is 24.8 Å². The van der Waals surface area contributed by atoms with E-state index in [-0.39, 0.29) is 5.91 Å². The van der Waals surface area contributed by atoms with Gasteiger partial charge in [0.2, 0.25) is 5.91 Å². The van der Waals surface area contributed by atoms with Gasteiger partial charge in [0, 0.05) is 19.8 Å². The molecule has 0 radical (unpaired) electrons. The minimum absolute atomic E-state index is 0.147. The van der Waals surface area contributed by atoms with Gasteiger partial charge in [-0.25, -0.2) is 0 Å². The molecular formula is C15H23N3O2. The topological polar surface area (TPSA) is 77.1 Å². The maximum Gasteiger partial charge on any atom is 0.267 e. The summed E-state index contributed by atoms with van der Waals surface area (Å²) in [5, 5.41) is 2.90. The van der Waals surface area contributed by atoms with E-state index in [0.29, 0.717) is 17.8 Å². The molecule has 0 saturated heterocycles. The van der Waals surface area contributed by atoms with Crippen LogP contribution >= 0.6 is 0 Å². The van der Waals surface area contributed by atoms with E-state index in [0.717, 1.165) is 12.3 Å². The molecule has 3 N–H and O–H groups in total. The van der Waals surface area contributed by atoms with Crippen molar-refractivity contribution < 1.29 is 9.59 Å². The molecule has 5 nitrogen and oxygen atoms in total. The van der Waals surface area contributed by atoms with Gasteiger partial charge in [0.15, 0.2) is 0 Å². The molecule has 1 aromatic rings. The number of nitrogens with one attached hydrogen (secondary N) is 1. The van der Waals surface area contributed by atoms with Gasteiger partial charge >= 0.3 is 0 Å². The Morgan fingerprint density at radius 2 is 2.10 bits per heavy atom. The zero-order chi connectivity index (χ0) is 14.5. The SMILES string of the molecule is Cn1cc(C(N)=O)cc1C(=O)NCCCC1CCCC1. The number of hydrogen-bond acceptors (Lipinski definition) is 2. The van der Waals surface area contributed by atoms with Crippen LogP contribution in [0, 0.1) is 5.92 Å². The molecular weight excluding hydrogens is 254 g/mol.